The van der Waals surface area contributed by atoms with Gasteiger partial charge in [0.1, 0.15) is 5.76 Å². The van der Waals surface area contributed by atoms with Crippen LogP contribution in [-0.4, -0.2) is 43.4 Å². The molecule has 1 saturated heterocycles. The third-order valence-electron chi connectivity index (χ3n) is 5.15. The van der Waals surface area contributed by atoms with Crippen LogP contribution in [0.2, 0.25) is 0 Å². The van der Waals surface area contributed by atoms with Crippen LogP contribution < -0.4 is 0 Å². The number of oxazole rings is 1. The van der Waals surface area contributed by atoms with Gasteiger partial charge in [-0.25, -0.2) is 4.98 Å². The first-order valence-electron chi connectivity index (χ1n) is 9.23. The number of rotatable bonds is 3. The lowest BCUT2D eigenvalue weighted by Crippen LogP contribution is -2.45. The molecule has 140 valence electrons. The zero-order valence-electron chi connectivity index (χ0n) is 15.8. The summed E-state index contributed by atoms with van der Waals surface area (Å²) in [5, 5.41) is 8.40. The van der Waals surface area contributed by atoms with Crippen LogP contribution >= 0.6 is 0 Å². The maximum atomic E-state index is 13.5. The lowest BCUT2D eigenvalue weighted by Gasteiger charge is -2.37. The molecule has 0 N–H and O–H groups in total. The summed E-state index contributed by atoms with van der Waals surface area (Å²) in [4.78, 5) is 21.3. The van der Waals surface area contributed by atoms with E-state index >= 15 is 0 Å². The van der Waals surface area contributed by atoms with Crippen molar-refractivity contribution >= 4 is 5.91 Å². The van der Waals surface area contributed by atoms with Crippen molar-refractivity contribution < 1.29 is 9.21 Å². The highest BCUT2D eigenvalue weighted by Crippen LogP contribution is 2.31. The Morgan fingerprint density at radius 2 is 1.96 bits per heavy atom. The molecule has 2 atom stereocenters. The number of hydrogen-bond acceptors (Lipinski definition) is 5. The molecule has 1 aromatic carbocycles. The number of nitrogens with zero attached hydrogens (tertiary/aromatic N) is 5. The van der Waals surface area contributed by atoms with Gasteiger partial charge in [0, 0.05) is 12.6 Å². The number of aryl methyl sites for hydroxylation is 2. The first-order valence-corrected chi connectivity index (χ1v) is 9.23. The zero-order valence-corrected chi connectivity index (χ0v) is 15.8. The molecule has 0 aliphatic carbocycles. The number of benzene rings is 1. The Morgan fingerprint density at radius 3 is 2.67 bits per heavy atom. The fourth-order valence-corrected chi connectivity index (χ4v) is 3.64. The van der Waals surface area contributed by atoms with Gasteiger partial charge in [0.25, 0.3) is 5.91 Å². The predicted octanol–water partition coefficient (Wildman–Crippen LogP) is 3.28. The largest absolute Gasteiger partial charge is 0.446 e. The molecule has 0 bridgehead atoms. The molecule has 4 rings (SSSR count). The van der Waals surface area contributed by atoms with E-state index in [-0.39, 0.29) is 17.9 Å². The van der Waals surface area contributed by atoms with Crippen LogP contribution in [0.4, 0.5) is 0 Å². The van der Waals surface area contributed by atoms with Crippen LogP contribution in [0.3, 0.4) is 0 Å². The second-order valence-corrected chi connectivity index (χ2v) is 7.23. The molecule has 1 aliphatic heterocycles. The van der Waals surface area contributed by atoms with E-state index in [1.807, 2.05) is 36.9 Å². The Bertz CT molecular complexity index is 947. The summed E-state index contributed by atoms with van der Waals surface area (Å²) in [6.45, 7) is 6.56. The maximum absolute atomic E-state index is 13.5. The molecule has 3 aromatic rings. The fourth-order valence-electron chi connectivity index (χ4n) is 3.64. The van der Waals surface area contributed by atoms with Gasteiger partial charge in [-0.15, -0.1) is 0 Å². The van der Waals surface area contributed by atoms with Gasteiger partial charge in [0.2, 0.25) is 0 Å². The predicted molar refractivity (Wildman–Crippen MR) is 99.8 cm³/mol. The van der Waals surface area contributed by atoms with Crippen molar-refractivity contribution in [1.29, 1.82) is 0 Å². The van der Waals surface area contributed by atoms with Crippen molar-refractivity contribution in [3.63, 3.8) is 0 Å². The van der Waals surface area contributed by atoms with Gasteiger partial charge in [0.05, 0.1) is 35.8 Å². The van der Waals surface area contributed by atoms with Crippen molar-refractivity contribution in [2.24, 2.45) is 0 Å². The first-order chi connectivity index (χ1) is 13.0. The third-order valence-corrected chi connectivity index (χ3v) is 5.15. The summed E-state index contributed by atoms with van der Waals surface area (Å²) in [6.07, 6.45) is 6.84. The SMILES string of the molecule is Cc1ccc(-n2nccn2)c(C(=O)N2C[C@H](c3ncc(C)o3)CC[C@H]2C)c1. The molecule has 0 radical (unpaired) electrons. The molecule has 1 fully saturated rings. The van der Waals surface area contributed by atoms with E-state index in [9.17, 15) is 4.79 Å². The summed E-state index contributed by atoms with van der Waals surface area (Å²) < 4.78 is 5.72. The zero-order chi connectivity index (χ0) is 19.0. The van der Waals surface area contributed by atoms with Crippen molar-refractivity contribution in [2.75, 3.05) is 6.54 Å². The number of amides is 1. The topological polar surface area (TPSA) is 77.1 Å². The van der Waals surface area contributed by atoms with Crippen molar-refractivity contribution in [3.8, 4) is 5.69 Å². The van der Waals surface area contributed by atoms with Gasteiger partial charge >= 0.3 is 0 Å². The molecule has 7 nitrogen and oxygen atoms in total. The average Bonchev–Trinajstić information content (AvgIpc) is 3.33. The molecule has 0 spiro atoms. The highest BCUT2D eigenvalue weighted by molar-refractivity contribution is 5.98. The molecule has 0 saturated carbocycles. The molecule has 2 aromatic heterocycles. The van der Waals surface area contributed by atoms with E-state index in [2.05, 4.69) is 22.1 Å². The minimum absolute atomic E-state index is 0.00789. The quantitative estimate of drug-likeness (QED) is 0.712. The summed E-state index contributed by atoms with van der Waals surface area (Å²) in [5.74, 6) is 1.63. The van der Waals surface area contributed by atoms with Gasteiger partial charge in [-0.1, -0.05) is 11.6 Å². The minimum atomic E-state index is -0.00789. The van der Waals surface area contributed by atoms with Crippen molar-refractivity contribution in [1.82, 2.24) is 24.9 Å². The summed E-state index contributed by atoms with van der Waals surface area (Å²) in [6, 6.07) is 5.93. The monoisotopic (exact) mass is 365 g/mol. The van der Waals surface area contributed by atoms with Gasteiger partial charge < -0.3 is 9.32 Å². The molecule has 27 heavy (non-hydrogen) atoms. The van der Waals surface area contributed by atoms with Crippen molar-refractivity contribution in [2.45, 2.75) is 45.6 Å². The van der Waals surface area contributed by atoms with Crippen LogP contribution in [0.25, 0.3) is 5.69 Å². The molecular weight excluding hydrogens is 342 g/mol. The second kappa shape index (κ2) is 6.98. The van der Waals surface area contributed by atoms with Gasteiger partial charge in [-0.3, -0.25) is 4.79 Å². The lowest BCUT2D eigenvalue weighted by atomic mass is 9.92. The van der Waals surface area contributed by atoms with Crippen LogP contribution in [-0.2, 0) is 0 Å². The first kappa shape index (κ1) is 17.5. The molecule has 7 heteroatoms. The summed E-state index contributed by atoms with van der Waals surface area (Å²) in [7, 11) is 0. The third kappa shape index (κ3) is 3.37. The van der Waals surface area contributed by atoms with E-state index in [1.165, 1.54) is 4.80 Å². The van der Waals surface area contributed by atoms with Crippen LogP contribution in [0.15, 0.2) is 41.2 Å². The number of aromatic nitrogens is 4. The lowest BCUT2D eigenvalue weighted by molar-refractivity contribution is 0.0596. The van der Waals surface area contributed by atoms with E-state index in [0.717, 1.165) is 30.1 Å². The van der Waals surface area contributed by atoms with E-state index < -0.39 is 0 Å². The Labute approximate surface area is 158 Å². The van der Waals surface area contributed by atoms with E-state index in [0.29, 0.717) is 17.8 Å². The summed E-state index contributed by atoms with van der Waals surface area (Å²) >= 11 is 0. The Balaban J connectivity index is 1.66. The van der Waals surface area contributed by atoms with E-state index in [4.69, 9.17) is 4.42 Å². The Morgan fingerprint density at radius 1 is 1.19 bits per heavy atom. The van der Waals surface area contributed by atoms with Gasteiger partial charge in [0.15, 0.2) is 5.89 Å². The second-order valence-electron chi connectivity index (χ2n) is 7.23. The Kier molecular flexibility index (Phi) is 4.51. The van der Waals surface area contributed by atoms with Gasteiger partial charge in [-0.05, 0) is 45.7 Å². The molecule has 0 unspecified atom stereocenters. The molecular formula is C20H23N5O2. The molecule has 3 heterocycles. The normalized spacial score (nSPS) is 20.0. The van der Waals surface area contributed by atoms with Crippen LogP contribution in [0, 0.1) is 13.8 Å². The number of hydrogen-bond donors (Lipinski definition) is 0. The molecule has 1 aliphatic rings. The fraction of sp³-hybridized carbons (Fsp3) is 0.400. The standard InChI is InChI=1S/C20H23N5O2/c1-13-4-7-18(25-22-8-9-23-25)17(10-13)20(26)24-12-16(6-5-14(24)2)19-21-11-15(3)27-19/h4,7-11,14,16H,5-6,12H2,1-3H3/t14-,16-/m1/s1. The van der Waals surface area contributed by atoms with Gasteiger partial charge in [-0.2, -0.15) is 15.0 Å². The highest BCUT2D eigenvalue weighted by Gasteiger charge is 2.33. The maximum Gasteiger partial charge on any atom is 0.256 e. The van der Waals surface area contributed by atoms with Crippen molar-refractivity contribution in [3.05, 3.63) is 59.6 Å². The number of carbonyl (C=O) groups is 1. The number of likely N-dealkylation sites (tertiary alicyclic amines) is 1. The number of carbonyl (C=O) groups excluding carboxylic acids is 1. The number of piperidine rings is 1. The van der Waals surface area contributed by atoms with E-state index in [1.54, 1.807) is 18.6 Å². The Hall–Kier alpha value is -2.96. The molecule has 1 amide bonds. The summed E-state index contributed by atoms with van der Waals surface area (Å²) in [5.41, 5.74) is 2.33. The minimum Gasteiger partial charge on any atom is -0.446 e. The van der Waals surface area contributed by atoms with Crippen LogP contribution in [0.1, 0.15) is 53.3 Å². The van der Waals surface area contributed by atoms with Crippen LogP contribution in [0.5, 0.6) is 0 Å². The smallest absolute Gasteiger partial charge is 0.256 e. The average molecular weight is 365 g/mol. The highest BCUT2D eigenvalue weighted by atomic mass is 16.4.